The van der Waals surface area contributed by atoms with Crippen LogP contribution < -0.4 is 5.73 Å². The minimum atomic E-state index is -0.385. The van der Waals surface area contributed by atoms with Gasteiger partial charge < -0.3 is 10.7 Å². The van der Waals surface area contributed by atoms with E-state index in [1.165, 1.54) is 28.5 Å². The zero-order chi connectivity index (χ0) is 19.3. The molecule has 0 saturated carbocycles. The molecule has 4 heteroatoms. The normalized spacial score (nSPS) is 14.9. The van der Waals surface area contributed by atoms with Crippen molar-refractivity contribution in [2.75, 3.05) is 19.6 Å². The van der Waals surface area contributed by atoms with Crippen LogP contribution in [0.4, 0.5) is 0 Å². The maximum Gasteiger partial charge on any atom is 0.248 e. The van der Waals surface area contributed by atoms with Gasteiger partial charge in [-0.05, 0) is 61.1 Å². The minimum Gasteiger partial charge on any atom is -0.366 e. The lowest BCUT2D eigenvalue weighted by molar-refractivity contribution is 0.100. The number of hydrogen-bond acceptors (Lipinski definition) is 2. The third-order valence-corrected chi connectivity index (χ3v) is 5.66. The van der Waals surface area contributed by atoms with E-state index in [1.54, 1.807) is 0 Å². The Morgan fingerprint density at radius 1 is 1.11 bits per heavy atom. The monoisotopic (exact) mass is 373 g/mol. The number of primary amides is 1. The Bertz CT molecular complexity index is 988. The molecule has 4 rings (SSSR count). The highest BCUT2D eigenvalue weighted by molar-refractivity contribution is 5.97. The summed E-state index contributed by atoms with van der Waals surface area (Å²) in [5.74, 6) is -0.385. The molecular formula is C24H27N3O. The van der Waals surface area contributed by atoms with E-state index in [9.17, 15) is 4.79 Å². The number of nitrogens with two attached hydrogens (primary N) is 1. The minimum absolute atomic E-state index is 0.385. The molecule has 0 atom stereocenters. The van der Waals surface area contributed by atoms with Gasteiger partial charge in [-0.15, -0.1) is 0 Å². The maximum atomic E-state index is 11.3. The number of amides is 1. The molecule has 0 saturated heterocycles. The van der Waals surface area contributed by atoms with E-state index < -0.39 is 0 Å². The Kier molecular flexibility index (Phi) is 5.58. The molecular weight excluding hydrogens is 346 g/mol. The molecule has 1 aliphatic rings. The second-order valence-corrected chi connectivity index (χ2v) is 7.54. The third-order valence-electron chi connectivity index (χ3n) is 5.66. The zero-order valence-electron chi connectivity index (χ0n) is 16.2. The number of carbonyl (C=O) groups is 1. The van der Waals surface area contributed by atoms with Crippen LogP contribution in [0.15, 0.2) is 60.8 Å². The van der Waals surface area contributed by atoms with E-state index in [4.69, 9.17) is 5.73 Å². The molecule has 0 bridgehead atoms. The van der Waals surface area contributed by atoms with Crippen molar-refractivity contribution in [3.63, 3.8) is 0 Å². The summed E-state index contributed by atoms with van der Waals surface area (Å²) >= 11 is 0. The Morgan fingerprint density at radius 3 is 2.71 bits per heavy atom. The van der Waals surface area contributed by atoms with Crippen molar-refractivity contribution in [3.05, 3.63) is 77.5 Å². The van der Waals surface area contributed by atoms with Crippen LogP contribution in [0.2, 0.25) is 0 Å². The van der Waals surface area contributed by atoms with Crippen LogP contribution in [0.3, 0.4) is 0 Å². The van der Waals surface area contributed by atoms with Crippen LogP contribution >= 0.6 is 0 Å². The number of aryl methyl sites for hydroxylation is 1. The number of unbranched alkanes of at least 4 members (excludes halogenated alkanes) is 1. The lowest BCUT2D eigenvalue weighted by Gasteiger charge is -2.26. The van der Waals surface area contributed by atoms with Crippen molar-refractivity contribution in [1.82, 2.24) is 9.88 Å². The molecule has 2 aromatic carbocycles. The Hall–Kier alpha value is -2.85. The van der Waals surface area contributed by atoms with E-state index >= 15 is 0 Å². The van der Waals surface area contributed by atoms with Crippen LogP contribution in [0.5, 0.6) is 0 Å². The summed E-state index contributed by atoms with van der Waals surface area (Å²) in [4.78, 5) is 17.1. The number of rotatable bonds is 7. The van der Waals surface area contributed by atoms with Gasteiger partial charge in [0.25, 0.3) is 0 Å². The second-order valence-electron chi connectivity index (χ2n) is 7.54. The van der Waals surface area contributed by atoms with Gasteiger partial charge in [0.2, 0.25) is 5.91 Å². The molecule has 28 heavy (non-hydrogen) atoms. The molecule has 0 aliphatic carbocycles. The summed E-state index contributed by atoms with van der Waals surface area (Å²) in [5, 5.41) is 1.19. The summed E-state index contributed by atoms with van der Waals surface area (Å²) in [7, 11) is 0. The van der Waals surface area contributed by atoms with Crippen molar-refractivity contribution in [1.29, 1.82) is 0 Å². The van der Waals surface area contributed by atoms with Crippen LogP contribution in [0.1, 0.15) is 40.7 Å². The summed E-state index contributed by atoms with van der Waals surface area (Å²) in [5.41, 5.74) is 11.1. The number of aromatic amines is 1. The van der Waals surface area contributed by atoms with Crippen molar-refractivity contribution in [2.24, 2.45) is 5.73 Å². The highest BCUT2D eigenvalue weighted by atomic mass is 16.1. The number of benzene rings is 2. The van der Waals surface area contributed by atoms with Gasteiger partial charge in [-0.25, -0.2) is 0 Å². The van der Waals surface area contributed by atoms with Gasteiger partial charge >= 0.3 is 0 Å². The van der Waals surface area contributed by atoms with E-state index in [-0.39, 0.29) is 5.91 Å². The number of fused-ring (bicyclic) bond motifs is 1. The van der Waals surface area contributed by atoms with Gasteiger partial charge in [-0.2, -0.15) is 0 Å². The largest absolute Gasteiger partial charge is 0.366 e. The average Bonchev–Trinajstić information content (AvgIpc) is 3.14. The molecule has 1 amide bonds. The molecule has 3 aromatic rings. The first kappa shape index (κ1) is 18.5. The smallest absolute Gasteiger partial charge is 0.248 e. The van der Waals surface area contributed by atoms with Gasteiger partial charge in [-0.1, -0.05) is 42.5 Å². The Balaban J connectivity index is 1.26. The van der Waals surface area contributed by atoms with Crippen LogP contribution in [0.25, 0.3) is 16.5 Å². The summed E-state index contributed by atoms with van der Waals surface area (Å²) in [6.07, 6.45) is 8.99. The van der Waals surface area contributed by atoms with Crippen molar-refractivity contribution >= 4 is 22.4 Å². The molecule has 0 fully saturated rings. The quantitative estimate of drug-likeness (QED) is 0.604. The number of hydrogen-bond donors (Lipinski definition) is 2. The fourth-order valence-corrected chi connectivity index (χ4v) is 4.03. The van der Waals surface area contributed by atoms with Gasteiger partial charge in [0.1, 0.15) is 0 Å². The number of nitrogens with one attached hydrogen (secondary N) is 1. The zero-order valence-corrected chi connectivity index (χ0v) is 16.2. The number of nitrogens with zero attached hydrogens (tertiary/aromatic N) is 1. The van der Waals surface area contributed by atoms with Crippen molar-refractivity contribution in [3.8, 4) is 0 Å². The highest BCUT2D eigenvalue weighted by Gasteiger charge is 2.12. The highest BCUT2D eigenvalue weighted by Crippen LogP contribution is 2.23. The fourth-order valence-electron chi connectivity index (χ4n) is 4.03. The Labute approximate surface area is 166 Å². The molecule has 0 spiro atoms. The first-order valence-electron chi connectivity index (χ1n) is 10.1. The first-order chi connectivity index (χ1) is 13.7. The average molecular weight is 374 g/mol. The predicted octanol–water partition coefficient (Wildman–Crippen LogP) is 4.38. The van der Waals surface area contributed by atoms with E-state index in [0.717, 1.165) is 44.4 Å². The molecule has 3 N–H and O–H groups in total. The molecule has 2 heterocycles. The predicted molar refractivity (Wildman–Crippen MR) is 115 cm³/mol. The fraction of sp³-hybridized carbons (Fsp3) is 0.292. The molecule has 144 valence electrons. The van der Waals surface area contributed by atoms with Gasteiger partial charge in [0.05, 0.1) is 0 Å². The SMILES string of the molecule is NC(=O)c1ccc2c(CCCCN3CC=C(c4ccccc4)CC3)c[nH]c2c1. The first-order valence-corrected chi connectivity index (χ1v) is 10.1. The van der Waals surface area contributed by atoms with Crippen LogP contribution in [0, 0.1) is 0 Å². The standard InChI is InChI=1S/C24H27N3O/c25-24(28)20-9-10-22-21(17-26-23(22)16-20)8-4-5-13-27-14-11-19(12-15-27)18-6-2-1-3-7-18/h1-3,6-7,9-11,16-17,26H,4-5,8,12-15H2,(H2,25,28). The number of aromatic nitrogens is 1. The molecule has 0 radical (unpaired) electrons. The van der Waals surface area contributed by atoms with Gasteiger partial charge in [0.15, 0.2) is 0 Å². The van der Waals surface area contributed by atoms with E-state index in [2.05, 4.69) is 52.5 Å². The summed E-state index contributed by atoms with van der Waals surface area (Å²) in [6, 6.07) is 16.4. The summed E-state index contributed by atoms with van der Waals surface area (Å²) < 4.78 is 0. The summed E-state index contributed by atoms with van der Waals surface area (Å²) in [6.45, 7) is 3.34. The lowest BCUT2D eigenvalue weighted by Crippen LogP contribution is -2.29. The van der Waals surface area contributed by atoms with Crippen LogP contribution in [-0.2, 0) is 6.42 Å². The van der Waals surface area contributed by atoms with E-state index in [1.807, 2.05) is 18.2 Å². The lowest BCUT2D eigenvalue weighted by atomic mass is 9.99. The third kappa shape index (κ3) is 4.18. The van der Waals surface area contributed by atoms with Gasteiger partial charge in [-0.3, -0.25) is 9.69 Å². The molecule has 1 aromatic heterocycles. The van der Waals surface area contributed by atoms with Crippen LogP contribution in [-0.4, -0.2) is 35.4 Å². The maximum absolute atomic E-state index is 11.3. The number of H-pyrrole nitrogens is 1. The number of carbonyl (C=O) groups excluding carboxylic acids is 1. The van der Waals surface area contributed by atoms with Gasteiger partial charge in [0, 0.05) is 35.8 Å². The molecule has 4 nitrogen and oxygen atoms in total. The van der Waals surface area contributed by atoms with Crippen molar-refractivity contribution in [2.45, 2.75) is 25.7 Å². The molecule has 1 aliphatic heterocycles. The second kappa shape index (κ2) is 8.44. The van der Waals surface area contributed by atoms with E-state index in [0.29, 0.717) is 5.56 Å². The topological polar surface area (TPSA) is 62.1 Å². The Morgan fingerprint density at radius 2 is 1.96 bits per heavy atom. The molecule has 0 unspecified atom stereocenters. The van der Waals surface area contributed by atoms with Crippen molar-refractivity contribution < 1.29 is 4.79 Å².